The molecule has 0 spiro atoms. The molecule has 1 heterocycles. The monoisotopic (exact) mass is 428 g/mol. The number of sulfonamides is 1. The fourth-order valence-corrected chi connectivity index (χ4v) is 5.28. The second-order valence-electron chi connectivity index (χ2n) is 8.35. The van der Waals surface area contributed by atoms with Crippen LogP contribution >= 0.6 is 0 Å². The summed E-state index contributed by atoms with van der Waals surface area (Å²) >= 11 is 0. The van der Waals surface area contributed by atoms with Crippen LogP contribution in [0.25, 0.3) is 0 Å². The zero-order valence-electron chi connectivity index (χ0n) is 18.3. The molecule has 6 heteroatoms. The third-order valence-electron chi connectivity index (χ3n) is 6.07. The second kappa shape index (κ2) is 9.31. The number of piperidine rings is 1. The van der Waals surface area contributed by atoms with Crippen LogP contribution in [0.3, 0.4) is 0 Å². The van der Waals surface area contributed by atoms with Crippen molar-refractivity contribution in [1.82, 2.24) is 9.62 Å². The summed E-state index contributed by atoms with van der Waals surface area (Å²) in [5, 5.41) is 3.01. The van der Waals surface area contributed by atoms with Gasteiger partial charge in [-0.05, 0) is 67.9 Å². The Morgan fingerprint density at radius 2 is 1.77 bits per heavy atom. The predicted molar refractivity (Wildman–Crippen MR) is 120 cm³/mol. The predicted octanol–water partition coefficient (Wildman–Crippen LogP) is 4.47. The Kier molecular flexibility index (Phi) is 6.98. The number of aryl methyl sites for hydroxylation is 2. The van der Waals surface area contributed by atoms with Gasteiger partial charge >= 0.3 is 0 Å². The molecule has 0 bridgehead atoms. The van der Waals surface area contributed by atoms with Gasteiger partial charge in [0.15, 0.2) is 0 Å². The maximum Gasteiger partial charge on any atom is 0.252 e. The smallest absolute Gasteiger partial charge is 0.252 e. The third kappa shape index (κ3) is 4.93. The number of nitrogens with one attached hydrogen (secondary N) is 1. The molecule has 1 fully saturated rings. The normalized spacial score (nSPS) is 16.9. The van der Waals surface area contributed by atoms with Crippen molar-refractivity contribution in [1.29, 1.82) is 0 Å². The van der Waals surface area contributed by atoms with Crippen LogP contribution in [-0.2, 0) is 16.4 Å². The van der Waals surface area contributed by atoms with E-state index in [0.717, 1.165) is 30.4 Å². The molecule has 0 unspecified atom stereocenters. The van der Waals surface area contributed by atoms with E-state index >= 15 is 0 Å². The van der Waals surface area contributed by atoms with Crippen molar-refractivity contribution in [2.24, 2.45) is 5.92 Å². The van der Waals surface area contributed by atoms with Gasteiger partial charge in [0, 0.05) is 18.7 Å². The van der Waals surface area contributed by atoms with E-state index in [-0.39, 0.29) is 16.8 Å². The molecule has 162 valence electrons. The van der Waals surface area contributed by atoms with Crippen LogP contribution in [-0.4, -0.2) is 31.7 Å². The first-order chi connectivity index (χ1) is 14.2. The third-order valence-corrected chi connectivity index (χ3v) is 7.96. The molecule has 2 aromatic carbocycles. The Labute approximate surface area is 180 Å². The van der Waals surface area contributed by atoms with Gasteiger partial charge in [0.2, 0.25) is 10.0 Å². The van der Waals surface area contributed by atoms with Crippen LogP contribution < -0.4 is 5.32 Å². The minimum atomic E-state index is -3.59. The van der Waals surface area contributed by atoms with Crippen molar-refractivity contribution >= 4 is 15.9 Å². The van der Waals surface area contributed by atoms with Crippen LogP contribution in [0.1, 0.15) is 66.7 Å². The lowest BCUT2D eigenvalue weighted by Gasteiger charge is -2.29. The number of benzene rings is 2. The quantitative estimate of drug-likeness (QED) is 0.738. The van der Waals surface area contributed by atoms with Gasteiger partial charge in [-0.3, -0.25) is 4.79 Å². The van der Waals surface area contributed by atoms with Crippen LogP contribution in [0.4, 0.5) is 0 Å². The SMILES string of the molecule is CCc1ccc([C@@H](C)NC(=O)c2cc(S(=O)(=O)N3CCC(C)CC3)ccc2C)cc1. The summed E-state index contributed by atoms with van der Waals surface area (Å²) in [6, 6.07) is 12.8. The number of rotatable bonds is 6. The highest BCUT2D eigenvalue weighted by molar-refractivity contribution is 7.89. The minimum absolute atomic E-state index is 0.174. The fraction of sp³-hybridized carbons (Fsp3) is 0.458. The van der Waals surface area contributed by atoms with E-state index in [9.17, 15) is 13.2 Å². The summed E-state index contributed by atoms with van der Waals surface area (Å²) in [6.45, 7) is 9.08. The number of carbonyl (C=O) groups excluding carboxylic acids is 1. The maximum absolute atomic E-state index is 13.1. The highest BCUT2D eigenvalue weighted by Gasteiger charge is 2.29. The molecule has 1 atom stereocenters. The van der Waals surface area contributed by atoms with E-state index in [1.54, 1.807) is 12.1 Å². The molecule has 0 saturated carbocycles. The molecule has 0 aromatic heterocycles. The summed E-state index contributed by atoms with van der Waals surface area (Å²) in [5.74, 6) is 0.285. The van der Waals surface area contributed by atoms with Crippen molar-refractivity contribution in [3.05, 3.63) is 64.7 Å². The molecule has 1 amide bonds. The lowest BCUT2D eigenvalue weighted by atomic mass is 10.0. The van der Waals surface area contributed by atoms with Crippen LogP contribution in [0, 0.1) is 12.8 Å². The van der Waals surface area contributed by atoms with Gasteiger partial charge in [0.1, 0.15) is 0 Å². The molecule has 0 radical (unpaired) electrons. The highest BCUT2D eigenvalue weighted by atomic mass is 32.2. The first-order valence-corrected chi connectivity index (χ1v) is 12.2. The van der Waals surface area contributed by atoms with Crippen LogP contribution in [0.2, 0.25) is 0 Å². The van der Waals surface area contributed by atoms with Gasteiger partial charge < -0.3 is 5.32 Å². The highest BCUT2D eigenvalue weighted by Crippen LogP contribution is 2.25. The van der Waals surface area contributed by atoms with E-state index in [2.05, 4.69) is 31.3 Å². The zero-order chi connectivity index (χ0) is 21.9. The molecular weight excluding hydrogens is 396 g/mol. The summed E-state index contributed by atoms with van der Waals surface area (Å²) in [6.07, 6.45) is 2.71. The minimum Gasteiger partial charge on any atom is -0.346 e. The number of amides is 1. The summed E-state index contributed by atoms with van der Waals surface area (Å²) < 4.78 is 27.7. The fourth-order valence-electron chi connectivity index (χ4n) is 3.78. The molecule has 1 aliphatic heterocycles. The van der Waals surface area contributed by atoms with E-state index in [1.165, 1.54) is 15.9 Å². The van der Waals surface area contributed by atoms with Gasteiger partial charge in [-0.15, -0.1) is 0 Å². The molecular formula is C24H32N2O3S. The van der Waals surface area contributed by atoms with Crippen LogP contribution in [0.15, 0.2) is 47.4 Å². The van der Waals surface area contributed by atoms with Gasteiger partial charge in [0.05, 0.1) is 10.9 Å². The first kappa shape index (κ1) is 22.5. The van der Waals surface area contributed by atoms with Crippen molar-refractivity contribution < 1.29 is 13.2 Å². The van der Waals surface area contributed by atoms with Gasteiger partial charge in [-0.1, -0.05) is 44.2 Å². The molecule has 1 aliphatic rings. The van der Waals surface area contributed by atoms with Crippen molar-refractivity contribution in [2.75, 3.05) is 13.1 Å². The van der Waals surface area contributed by atoms with E-state index in [1.807, 2.05) is 26.0 Å². The topological polar surface area (TPSA) is 66.5 Å². The number of hydrogen-bond acceptors (Lipinski definition) is 3. The van der Waals surface area contributed by atoms with Crippen LogP contribution in [0.5, 0.6) is 0 Å². The summed E-state index contributed by atoms with van der Waals surface area (Å²) in [7, 11) is -3.59. The Bertz CT molecular complexity index is 992. The molecule has 5 nitrogen and oxygen atoms in total. The molecule has 1 N–H and O–H groups in total. The van der Waals surface area contributed by atoms with Crippen molar-refractivity contribution in [3.63, 3.8) is 0 Å². The van der Waals surface area contributed by atoms with Gasteiger partial charge in [-0.25, -0.2) is 8.42 Å². The first-order valence-electron chi connectivity index (χ1n) is 10.7. The lowest BCUT2D eigenvalue weighted by Crippen LogP contribution is -2.38. The van der Waals surface area contributed by atoms with Crippen molar-refractivity contribution in [3.8, 4) is 0 Å². The standard InChI is InChI=1S/C24H32N2O3S/c1-5-20-7-9-21(10-8-20)19(4)25-24(27)23-16-22(11-6-18(23)3)30(28,29)26-14-12-17(2)13-15-26/h6-11,16-17,19H,5,12-15H2,1-4H3,(H,25,27)/t19-/m1/s1. The van der Waals surface area contributed by atoms with Crippen molar-refractivity contribution in [2.45, 2.75) is 57.9 Å². The Morgan fingerprint density at radius 3 is 2.37 bits per heavy atom. The Hall–Kier alpha value is -2.18. The van der Waals surface area contributed by atoms with Gasteiger partial charge in [-0.2, -0.15) is 4.31 Å². The van der Waals surface area contributed by atoms with Gasteiger partial charge in [0.25, 0.3) is 5.91 Å². The Balaban J connectivity index is 1.79. The number of hydrogen-bond donors (Lipinski definition) is 1. The molecule has 30 heavy (non-hydrogen) atoms. The number of nitrogens with zero attached hydrogens (tertiary/aromatic N) is 1. The maximum atomic E-state index is 13.1. The molecule has 3 rings (SSSR count). The average Bonchev–Trinajstić information content (AvgIpc) is 2.74. The van der Waals surface area contributed by atoms with E-state index < -0.39 is 10.0 Å². The molecule has 1 saturated heterocycles. The number of carbonyl (C=O) groups is 1. The lowest BCUT2D eigenvalue weighted by molar-refractivity contribution is 0.0939. The molecule has 2 aromatic rings. The summed E-state index contributed by atoms with van der Waals surface area (Å²) in [4.78, 5) is 13.1. The zero-order valence-corrected chi connectivity index (χ0v) is 19.1. The van der Waals surface area contributed by atoms with E-state index in [4.69, 9.17) is 0 Å². The largest absolute Gasteiger partial charge is 0.346 e. The summed E-state index contributed by atoms with van der Waals surface area (Å²) in [5.41, 5.74) is 3.42. The Morgan fingerprint density at radius 1 is 1.13 bits per heavy atom. The van der Waals surface area contributed by atoms with E-state index in [0.29, 0.717) is 24.6 Å². The second-order valence-corrected chi connectivity index (χ2v) is 10.3. The average molecular weight is 429 g/mol. The molecule has 0 aliphatic carbocycles.